The molecule has 0 fully saturated rings. The van der Waals surface area contributed by atoms with Crippen molar-refractivity contribution < 1.29 is 9.90 Å². The molecule has 0 aromatic carbocycles. The molecule has 0 saturated carbocycles. The summed E-state index contributed by atoms with van der Waals surface area (Å²) in [6.07, 6.45) is 3.21. The summed E-state index contributed by atoms with van der Waals surface area (Å²) in [7, 11) is 0. The highest BCUT2D eigenvalue weighted by Crippen LogP contribution is 2.18. The first-order valence-electron chi connectivity index (χ1n) is 4.35. The van der Waals surface area contributed by atoms with Crippen LogP contribution in [0.25, 0.3) is 0 Å². The summed E-state index contributed by atoms with van der Waals surface area (Å²) in [5.74, 6) is -0.227. The molecule has 0 saturated heterocycles. The quantitative estimate of drug-likeness (QED) is 0.590. The van der Waals surface area contributed by atoms with Gasteiger partial charge in [-0.05, 0) is 12.8 Å². The van der Waals surface area contributed by atoms with Gasteiger partial charge in [0.2, 0.25) is 0 Å². The summed E-state index contributed by atoms with van der Waals surface area (Å²) in [4.78, 5) is 11.2. The molecule has 1 N–H and O–H groups in total. The van der Waals surface area contributed by atoms with E-state index in [-0.39, 0.29) is 10.8 Å². The number of hydrogen-bond donors (Lipinski definition) is 1. The van der Waals surface area contributed by atoms with Gasteiger partial charge in [-0.25, -0.2) is 0 Å². The molecular formula is C9H13Br2ClO2. The fraction of sp³-hybridized carbons (Fsp3) is 0.667. The third-order valence-corrected chi connectivity index (χ3v) is 2.80. The Labute approximate surface area is 106 Å². The summed E-state index contributed by atoms with van der Waals surface area (Å²) in [6.45, 7) is 1.99. The van der Waals surface area contributed by atoms with Crippen molar-refractivity contribution in [2.75, 3.05) is 0 Å². The Hall–Kier alpha value is 0.620. The van der Waals surface area contributed by atoms with E-state index < -0.39 is 9.84 Å². The minimum atomic E-state index is -0.456. The van der Waals surface area contributed by atoms with E-state index in [9.17, 15) is 9.90 Å². The summed E-state index contributed by atoms with van der Waals surface area (Å²) < 4.78 is -0.456. The van der Waals surface area contributed by atoms with E-state index >= 15 is 0 Å². The number of rotatable bonds is 6. The summed E-state index contributed by atoms with van der Waals surface area (Å²) in [6, 6.07) is 0. The normalized spacial score (nSPS) is 14.6. The fourth-order valence-electron chi connectivity index (χ4n) is 0.895. The van der Waals surface area contributed by atoms with Crippen molar-refractivity contribution in [1.82, 2.24) is 0 Å². The lowest BCUT2D eigenvalue weighted by Crippen LogP contribution is -2.08. The third-order valence-electron chi connectivity index (χ3n) is 1.62. The standard InChI is InChI=1S/C9H13Br2ClO2/c1-2-3-6(13)4-5-7(12)8(14)9(10)11/h5-6,9,13H,2-4H2,1H3/b7-5-/t6-/m0/s1. The number of carbonyl (C=O) groups is 1. The molecule has 0 spiro atoms. The lowest BCUT2D eigenvalue weighted by Gasteiger charge is -2.05. The number of allylic oxidation sites excluding steroid dienone is 1. The molecule has 0 bridgehead atoms. The van der Waals surface area contributed by atoms with Crippen molar-refractivity contribution in [2.45, 2.75) is 36.0 Å². The molecule has 0 unspecified atom stereocenters. The number of halogens is 3. The van der Waals surface area contributed by atoms with E-state index in [1.807, 2.05) is 6.92 Å². The molecule has 0 heterocycles. The second-order valence-corrected chi connectivity index (χ2v) is 6.36. The lowest BCUT2D eigenvalue weighted by atomic mass is 10.1. The fourth-order valence-corrected chi connectivity index (χ4v) is 1.85. The molecular weight excluding hydrogens is 335 g/mol. The van der Waals surface area contributed by atoms with E-state index in [1.165, 1.54) is 0 Å². The van der Waals surface area contributed by atoms with Crippen molar-refractivity contribution in [2.24, 2.45) is 0 Å². The number of hydrogen-bond acceptors (Lipinski definition) is 2. The van der Waals surface area contributed by atoms with E-state index in [1.54, 1.807) is 6.08 Å². The third kappa shape index (κ3) is 6.17. The summed E-state index contributed by atoms with van der Waals surface area (Å²) >= 11 is 11.8. The second-order valence-electron chi connectivity index (χ2n) is 2.90. The minimum absolute atomic E-state index is 0.152. The van der Waals surface area contributed by atoms with Crippen LogP contribution in [0.1, 0.15) is 26.2 Å². The van der Waals surface area contributed by atoms with Gasteiger partial charge in [0.1, 0.15) is 3.74 Å². The van der Waals surface area contributed by atoms with Crippen LogP contribution in [0.3, 0.4) is 0 Å². The highest BCUT2D eigenvalue weighted by molar-refractivity contribution is 9.25. The molecule has 0 radical (unpaired) electrons. The van der Waals surface area contributed by atoms with Gasteiger partial charge >= 0.3 is 0 Å². The predicted molar refractivity (Wildman–Crippen MR) is 66.1 cm³/mol. The summed E-state index contributed by atoms with van der Waals surface area (Å²) in [5.41, 5.74) is 0. The zero-order valence-electron chi connectivity index (χ0n) is 7.84. The smallest absolute Gasteiger partial charge is 0.198 e. The van der Waals surface area contributed by atoms with Gasteiger partial charge in [-0.1, -0.05) is 62.9 Å². The maximum absolute atomic E-state index is 11.2. The monoisotopic (exact) mass is 346 g/mol. The van der Waals surface area contributed by atoms with E-state index in [0.29, 0.717) is 6.42 Å². The Bertz CT molecular complexity index is 217. The van der Waals surface area contributed by atoms with Crippen LogP contribution in [0.4, 0.5) is 0 Å². The molecule has 5 heteroatoms. The molecule has 0 aliphatic heterocycles. The molecule has 82 valence electrons. The van der Waals surface area contributed by atoms with Crippen LogP contribution in [-0.2, 0) is 4.79 Å². The highest BCUT2D eigenvalue weighted by Gasteiger charge is 2.14. The summed E-state index contributed by atoms with van der Waals surface area (Å²) in [5, 5.41) is 9.53. The van der Waals surface area contributed by atoms with Gasteiger partial charge in [-0.2, -0.15) is 0 Å². The minimum Gasteiger partial charge on any atom is -0.393 e. The number of aliphatic hydroxyl groups excluding tert-OH is 1. The first-order chi connectivity index (χ1) is 6.49. The number of alkyl halides is 2. The van der Waals surface area contributed by atoms with Gasteiger partial charge in [0.05, 0.1) is 11.1 Å². The Kier molecular flexibility index (Phi) is 8.20. The molecule has 0 rings (SSSR count). The van der Waals surface area contributed by atoms with Crippen molar-refractivity contribution in [1.29, 1.82) is 0 Å². The Morgan fingerprint density at radius 1 is 1.57 bits per heavy atom. The molecule has 0 aliphatic rings. The average Bonchev–Trinajstić information content (AvgIpc) is 2.13. The molecule has 2 nitrogen and oxygen atoms in total. The van der Waals surface area contributed by atoms with Crippen molar-refractivity contribution in [3.63, 3.8) is 0 Å². The van der Waals surface area contributed by atoms with Crippen molar-refractivity contribution >= 4 is 49.2 Å². The number of carbonyl (C=O) groups excluding carboxylic acids is 1. The van der Waals surface area contributed by atoms with Crippen LogP contribution in [0.5, 0.6) is 0 Å². The predicted octanol–water partition coefficient (Wildman–Crippen LogP) is 3.35. The van der Waals surface area contributed by atoms with Crippen LogP contribution in [0.2, 0.25) is 0 Å². The van der Waals surface area contributed by atoms with Gasteiger partial charge in [-0.15, -0.1) is 0 Å². The van der Waals surface area contributed by atoms with Gasteiger partial charge in [0.25, 0.3) is 0 Å². The van der Waals surface area contributed by atoms with Crippen LogP contribution >= 0.6 is 43.5 Å². The molecule has 0 aromatic heterocycles. The zero-order chi connectivity index (χ0) is 11.1. The lowest BCUT2D eigenvalue weighted by molar-refractivity contribution is -0.113. The SMILES string of the molecule is CCC[C@H](O)C/C=C(\Cl)C(=O)C(Br)Br. The van der Waals surface area contributed by atoms with Crippen LogP contribution in [0, 0.1) is 0 Å². The molecule has 1 atom stereocenters. The average molecular weight is 348 g/mol. The molecule has 14 heavy (non-hydrogen) atoms. The van der Waals surface area contributed by atoms with Crippen LogP contribution in [0.15, 0.2) is 11.1 Å². The maximum atomic E-state index is 11.2. The number of ketones is 1. The van der Waals surface area contributed by atoms with Crippen molar-refractivity contribution in [3.8, 4) is 0 Å². The number of aliphatic hydroxyl groups is 1. The van der Waals surface area contributed by atoms with E-state index in [4.69, 9.17) is 11.6 Å². The van der Waals surface area contributed by atoms with Gasteiger partial charge in [0.15, 0.2) is 5.78 Å². The van der Waals surface area contributed by atoms with Gasteiger partial charge in [0, 0.05) is 0 Å². The zero-order valence-corrected chi connectivity index (χ0v) is 11.8. The second kappa shape index (κ2) is 7.85. The maximum Gasteiger partial charge on any atom is 0.198 e. The van der Waals surface area contributed by atoms with Gasteiger partial charge < -0.3 is 5.11 Å². The largest absolute Gasteiger partial charge is 0.393 e. The van der Waals surface area contributed by atoms with Crippen molar-refractivity contribution in [3.05, 3.63) is 11.1 Å². The first kappa shape index (κ1) is 14.6. The highest BCUT2D eigenvalue weighted by atomic mass is 79.9. The first-order valence-corrected chi connectivity index (χ1v) is 6.56. The molecule has 0 aromatic rings. The Morgan fingerprint density at radius 3 is 2.57 bits per heavy atom. The van der Waals surface area contributed by atoms with Crippen LogP contribution < -0.4 is 0 Å². The van der Waals surface area contributed by atoms with E-state index in [2.05, 4.69) is 31.9 Å². The Morgan fingerprint density at radius 2 is 2.14 bits per heavy atom. The number of Topliss-reactive ketones (excluding diaryl/α,β-unsaturated/α-hetero) is 1. The molecule has 0 amide bonds. The topological polar surface area (TPSA) is 37.3 Å². The van der Waals surface area contributed by atoms with E-state index in [0.717, 1.165) is 12.8 Å². The molecule has 0 aliphatic carbocycles. The van der Waals surface area contributed by atoms with Crippen LogP contribution in [-0.4, -0.2) is 20.7 Å². The van der Waals surface area contributed by atoms with Gasteiger partial charge in [-0.3, -0.25) is 4.79 Å². The Balaban J connectivity index is 4.05.